The van der Waals surface area contributed by atoms with Crippen molar-refractivity contribution in [1.82, 2.24) is 15.0 Å². The first-order valence-electron chi connectivity index (χ1n) is 15.8. The van der Waals surface area contributed by atoms with E-state index in [2.05, 4.69) is 22.0 Å². The highest BCUT2D eigenvalue weighted by Crippen LogP contribution is 2.47. The SMILES string of the molecule is C=CCN1C(=O)[C@@](O)([C@@H](C)/C=C/CCn2cc(C(CO)c3ccccc3)nn2)c2cc(N3N=C(c4ccccc4)CCC3=O)ccc21. The number of nitrogens with zero attached hydrogens (tertiary/aromatic N) is 6. The number of hydrazone groups is 1. The number of anilines is 2. The Hall–Kier alpha value is -5.19. The first-order valence-corrected chi connectivity index (χ1v) is 15.8. The zero-order valence-corrected chi connectivity index (χ0v) is 26.3. The largest absolute Gasteiger partial charge is 0.395 e. The number of aliphatic hydroxyl groups is 2. The number of amides is 2. The van der Waals surface area contributed by atoms with Gasteiger partial charge in [0.2, 0.25) is 5.91 Å². The van der Waals surface area contributed by atoms with E-state index in [4.69, 9.17) is 0 Å². The summed E-state index contributed by atoms with van der Waals surface area (Å²) in [6.45, 7) is 6.28. The fraction of sp³-hybridized carbons (Fsp3) is 0.270. The normalized spacial score (nSPS) is 19.2. The van der Waals surface area contributed by atoms with Gasteiger partial charge >= 0.3 is 0 Å². The van der Waals surface area contributed by atoms with Gasteiger partial charge in [-0.2, -0.15) is 5.10 Å². The molecule has 10 heteroatoms. The highest BCUT2D eigenvalue weighted by molar-refractivity contribution is 6.10. The van der Waals surface area contributed by atoms with Crippen molar-refractivity contribution in [2.75, 3.05) is 23.1 Å². The fourth-order valence-corrected chi connectivity index (χ4v) is 6.25. The van der Waals surface area contributed by atoms with E-state index in [9.17, 15) is 19.8 Å². The molecule has 2 amide bonds. The van der Waals surface area contributed by atoms with Crippen LogP contribution in [0.1, 0.15) is 54.5 Å². The molecule has 240 valence electrons. The molecule has 0 aliphatic carbocycles. The lowest BCUT2D eigenvalue weighted by Gasteiger charge is -2.28. The predicted molar refractivity (Wildman–Crippen MR) is 181 cm³/mol. The smallest absolute Gasteiger partial charge is 0.264 e. The van der Waals surface area contributed by atoms with Crippen molar-refractivity contribution >= 4 is 28.9 Å². The third-order valence-corrected chi connectivity index (χ3v) is 8.86. The summed E-state index contributed by atoms with van der Waals surface area (Å²) in [5.41, 5.74) is 3.02. The summed E-state index contributed by atoms with van der Waals surface area (Å²) in [6, 6.07) is 24.7. The van der Waals surface area contributed by atoms with Gasteiger partial charge in [0, 0.05) is 43.6 Å². The molecule has 2 aliphatic rings. The third kappa shape index (κ3) is 6.17. The summed E-state index contributed by atoms with van der Waals surface area (Å²) in [4.78, 5) is 28.4. The molecule has 47 heavy (non-hydrogen) atoms. The minimum atomic E-state index is -1.86. The molecule has 10 nitrogen and oxygen atoms in total. The highest BCUT2D eigenvalue weighted by Gasteiger charge is 2.52. The average molecular weight is 631 g/mol. The Balaban J connectivity index is 1.22. The number of fused-ring (bicyclic) bond motifs is 1. The minimum absolute atomic E-state index is 0.0781. The van der Waals surface area contributed by atoms with Crippen LogP contribution in [0.2, 0.25) is 0 Å². The summed E-state index contributed by atoms with van der Waals surface area (Å²) in [5, 5.41) is 36.7. The van der Waals surface area contributed by atoms with Crippen molar-refractivity contribution in [1.29, 1.82) is 0 Å². The molecule has 0 fully saturated rings. The molecule has 4 aromatic rings. The predicted octanol–water partition coefficient (Wildman–Crippen LogP) is 4.94. The van der Waals surface area contributed by atoms with Gasteiger partial charge in [-0.25, -0.2) is 5.01 Å². The maximum absolute atomic E-state index is 13.8. The summed E-state index contributed by atoms with van der Waals surface area (Å²) >= 11 is 0. The summed E-state index contributed by atoms with van der Waals surface area (Å²) in [7, 11) is 0. The third-order valence-electron chi connectivity index (χ3n) is 8.86. The molecule has 0 spiro atoms. The Kier molecular flexibility index (Phi) is 9.24. The first kappa shape index (κ1) is 31.8. The van der Waals surface area contributed by atoms with Gasteiger partial charge in [-0.1, -0.05) is 91.0 Å². The number of rotatable bonds is 12. The fourth-order valence-electron chi connectivity index (χ4n) is 6.25. The van der Waals surface area contributed by atoms with Crippen molar-refractivity contribution in [2.45, 2.75) is 44.2 Å². The second-order valence-corrected chi connectivity index (χ2v) is 11.8. The number of benzene rings is 3. The number of hydrogen-bond acceptors (Lipinski definition) is 7. The number of aryl methyl sites for hydroxylation is 1. The van der Waals surface area contributed by atoms with Gasteiger partial charge in [-0.3, -0.25) is 14.3 Å². The molecule has 0 bridgehead atoms. The van der Waals surface area contributed by atoms with E-state index in [0.717, 1.165) is 16.8 Å². The van der Waals surface area contributed by atoms with Gasteiger partial charge in [0.15, 0.2) is 5.60 Å². The van der Waals surface area contributed by atoms with Crippen molar-refractivity contribution < 1.29 is 19.8 Å². The monoisotopic (exact) mass is 630 g/mol. The lowest BCUT2D eigenvalue weighted by Crippen LogP contribution is -2.44. The van der Waals surface area contributed by atoms with E-state index in [1.165, 1.54) is 9.91 Å². The molecule has 2 N–H and O–H groups in total. The average Bonchev–Trinajstić information content (AvgIpc) is 3.65. The molecule has 0 radical (unpaired) electrons. The van der Waals surface area contributed by atoms with Gasteiger partial charge in [0.25, 0.3) is 5.91 Å². The maximum Gasteiger partial charge on any atom is 0.264 e. The topological polar surface area (TPSA) is 124 Å². The second kappa shape index (κ2) is 13.7. The van der Waals surface area contributed by atoms with Crippen LogP contribution in [0.25, 0.3) is 0 Å². The van der Waals surface area contributed by atoms with E-state index in [1.54, 1.807) is 35.9 Å². The van der Waals surface area contributed by atoms with Crippen LogP contribution in [-0.2, 0) is 21.7 Å². The van der Waals surface area contributed by atoms with Crippen LogP contribution in [0.5, 0.6) is 0 Å². The standard InChI is InChI=1S/C37H38N6O4/c1-3-21-42-34-19-17-29(43-35(45)20-18-32(39-43)28-15-8-5-9-16-28)23-31(34)37(47,36(42)46)26(2)12-10-11-22-41-24-33(38-40-41)30(25-44)27-13-6-4-7-14-27/h3-10,12-17,19,23-24,26,30,44,47H,1,11,18,20-22,25H2,2H3/b12-10+/t26-,30?,37+/m0/s1. The molecule has 1 unspecified atom stereocenters. The van der Waals surface area contributed by atoms with Crippen molar-refractivity contribution in [3.05, 3.63) is 132 Å². The zero-order valence-electron chi connectivity index (χ0n) is 26.3. The summed E-state index contributed by atoms with van der Waals surface area (Å²) in [5.74, 6) is -1.46. The number of allylic oxidation sites excluding steroid dienone is 1. The zero-order chi connectivity index (χ0) is 33.0. The molecule has 1 aromatic heterocycles. The van der Waals surface area contributed by atoms with Crippen LogP contribution >= 0.6 is 0 Å². The Morgan fingerprint density at radius 3 is 2.49 bits per heavy atom. The van der Waals surface area contributed by atoms with Gasteiger partial charge in [-0.15, -0.1) is 11.7 Å². The minimum Gasteiger partial charge on any atom is -0.395 e. The first-order chi connectivity index (χ1) is 22.8. The molecule has 3 heterocycles. The van der Waals surface area contributed by atoms with E-state index in [-0.39, 0.29) is 25.0 Å². The molecule has 2 aliphatic heterocycles. The summed E-state index contributed by atoms with van der Waals surface area (Å²) < 4.78 is 1.72. The Morgan fingerprint density at radius 1 is 1.02 bits per heavy atom. The molecule has 0 saturated heterocycles. The van der Waals surface area contributed by atoms with Crippen LogP contribution in [-0.4, -0.2) is 55.9 Å². The lowest BCUT2D eigenvalue weighted by molar-refractivity contribution is -0.139. The number of carbonyl (C=O) groups is 2. The number of aromatic nitrogens is 3. The Bertz CT molecular complexity index is 1820. The highest BCUT2D eigenvalue weighted by atomic mass is 16.3. The number of aliphatic hydroxyl groups excluding tert-OH is 1. The van der Waals surface area contributed by atoms with Crippen LogP contribution < -0.4 is 9.91 Å². The molecular formula is C37H38N6O4. The van der Waals surface area contributed by atoms with Gasteiger partial charge < -0.3 is 15.1 Å². The molecule has 6 rings (SSSR count). The quantitative estimate of drug-likeness (QED) is 0.214. The van der Waals surface area contributed by atoms with Crippen molar-refractivity contribution in [2.24, 2.45) is 11.0 Å². The Labute approximate surface area is 274 Å². The van der Waals surface area contributed by atoms with Crippen molar-refractivity contribution in [3.63, 3.8) is 0 Å². The second-order valence-electron chi connectivity index (χ2n) is 11.8. The maximum atomic E-state index is 13.8. The molecular weight excluding hydrogens is 592 g/mol. The van der Waals surface area contributed by atoms with E-state index < -0.39 is 17.4 Å². The Morgan fingerprint density at radius 2 is 1.77 bits per heavy atom. The van der Waals surface area contributed by atoms with E-state index in [0.29, 0.717) is 48.4 Å². The lowest BCUT2D eigenvalue weighted by atomic mass is 9.82. The van der Waals surface area contributed by atoms with Crippen LogP contribution in [0.4, 0.5) is 11.4 Å². The van der Waals surface area contributed by atoms with Crippen molar-refractivity contribution in [3.8, 4) is 0 Å². The van der Waals surface area contributed by atoms with Crippen LogP contribution in [0.3, 0.4) is 0 Å². The van der Waals surface area contributed by atoms with Gasteiger partial charge in [0.05, 0.1) is 35.3 Å². The van der Waals surface area contributed by atoms with Gasteiger partial charge in [0.1, 0.15) is 0 Å². The van der Waals surface area contributed by atoms with E-state index >= 15 is 0 Å². The van der Waals surface area contributed by atoms with Crippen LogP contribution in [0.15, 0.2) is 115 Å². The molecule has 3 aromatic carbocycles. The number of carbonyl (C=O) groups excluding carboxylic acids is 2. The number of hydrogen-bond donors (Lipinski definition) is 2. The molecule has 0 saturated carbocycles. The summed E-state index contributed by atoms with van der Waals surface area (Å²) in [6.07, 6.45) is 8.62. The van der Waals surface area contributed by atoms with Crippen LogP contribution in [0, 0.1) is 5.92 Å². The van der Waals surface area contributed by atoms with Gasteiger partial charge in [-0.05, 0) is 35.7 Å². The van der Waals surface area contributed by atoms with E-state index in [1.807, 2.05) is 79.0 Å². The molecule has 3 atom stereocenters.